The second kappa shape index (κ2) is 15.9. The minimum absolute atomic E-state index is 1.18. The maximum Gasteiger partial charge on any atom is -0.00185 e. The van der Waals surface area contributed by atoms with Crippen LogP contribution in [0.15, 0.2) is 0 Å². The van der Waals surface area contributed by atoms with Crippen molar-refractivity contribution in [1.29, 1.82) is 0 Å². The second-order valence-corrected chi connectivity index (χ2v) is 5.29. The fourth-order valence-corrected chi connectivity index (χ4v) is 2.18. The van der Waals surface area contributed by atoms with Crippen molar-refractivity contribution in [2.24, 2.45) is 0 Å². The van der Waals surface area contributed by atoms with E-state index in [4.69, 9.17) is 0 Å². The van der Waals surface area contributed by atoms with E-state index in [9.17, 15) is 0 Å². The highest BCUT2D eigenvalue weighted by Crippen LogP contribution is 1.94. The van der Waals surface area contributed by atoms with Crippen LogP contribution in [0.5, 0.6) is 0 Å². The third-order valence-electron chi connectivity index (χ3n) is 3.64. The number of rotatable bonds is 15. The van der Waals surface area contributed by atoms with E-state index in [-0.39, 0.29) is 0 Å². The van der Waals surface area contributed by atoms with Crippen LogP contribution >= 0.6 is 0 Å². The maximum absolute atomic E-state index is 3.55. The lowest BCUT2D eigenvalue weighted by Crippen LogP contribution is -2.25. The number of hydrogen-bond donors (Lipinski definition) is 2. The van der Waals surface area contributed by atoms with Gasteiger partial charge in [0.05, 0.1) is 0 Å². The van der Waals surface area contributed by atoms with E-state index in [1.807, 2.05) is 0 Å². The molecule has 0 bridgehead atoms. The molecule has 0 heterocycles. The molecular formula is C16H37N3. The van der Waals surface area contributed by atoms with Crippen LogP contribution in [0, 0.1) is 0 Å². The third-order valence-corrected chi connectivity index (χ3v) is 3.64. The lowest BCUT2D eigenvalue weighted by Gasteiger charge is -2.17. The van der Waals surface area contributed by atoms with Crippen LogP contribution in [0.4, 0.5) is 0 Å². The van der Waals surface area contributed by atoms with Crippen LogP contribution in [-0.4, -0.2) is 50.7 Å². The summed E-state index contributed by atoms with van der Waals surface area (Å²) in [6.07, 6.45) is 7.84. The molecule has 0 radical (unpaired) electrons. The van der Waals surface area contributed by atoms with Crippen molar-refractivity contribution in [3.05, 3.63) is 0 Å². The van der Waals surface area contributed by atoms with Crippen molar-refractivity contribution < 1.29 is 0 Å². The number of unbranched alkanes of at least 4 members (excludes halogenated alkanes) is 3. The van der Waals surface area contributed by atoms with Gasteiger partial charge in [-0.15, -0.1) is 0 Å². The summed E-state index contributed by atoms with van der Waals surface area (Å²) in [5, 5.41) is 7.04. The quantitative estimate of drug-likeness (QED) is 0.449. The van der Waals surface area contributed by atoms with Gasteiger partial charge in [0.15, 0.2) is 0 Å². The number of hydrogen-bond acceptors (Lipinski definition) is 3. The van der Waals surface area contributed by atoms with Crippen molar-refractivity contribution >= 4 is 0 Å². The Morgan fingerprint density at radius 3 is 1.58 bits per heavy atom. The molecule has 0 saturated carbocycles. The summed E-state index contributed by atoms with van der Waals surface area (Å²) in [6.45, 7) is 15.1. The summed E-state index contributed by atoms with van der Waals surface area (Å²) in [4.78, 5) is 2.50. The first-order chi connectivity index (χ1) is 9.35. The predicted molar refractivity (Wildman–Crippen MR) is 86.9 cm³/mol. The fourth-order valence-electron chi connectivity index (χ4n) is 2.18. The van der Waals surface area contributed by atoms with E-state index in [1.54, 1.807) is 0 Å². The predicted octanol–water partition coefficient (Wildman–Crippen LogP) is 2.87. The molecule has 2 N–H and O–H groups in total. The first-order valence-corrected chi connectivity index (χ1v) is 8.48. The highest BCUT2D eigenvalue weighted by atomic mass is 15.1. The molecule has 0 aliphatic heterocycles. The van der Waals surface area contributed by atoms with Crippen LogP contribution in [0.3, 0.4) is 0 Å². The van der Waals surface area contributed by atoms with E-state index in [2.05, 4.69) is 36.3 Å². The molecule has 116 valence electrons. The average molecular weight is 271 g/mol. The van der Waals surface area contributed by atoms with E-state index in [1.165, 1.54) is 84.3 Å². The van der Waals surface area contributed by atoms with Gasteiger partial charge in [0, 0.05) is 0 Å². The molecular weight excluding hydrogens is 234 g/mol. The first-order valence-electron chi connectivity index (χ1n) is 8.48. The van der Waals surface area contributed by atoms with Crippen molar-refractivity contribution in [3.63, 3.8) is 0 Å². The Morgan fingerprint density at radius 1 is 0.632 bits per heavy atom. The molecule has 0 fully saturated rings. The molecule has 3 nitrogen and oxygen atoms in total. The molecule has 0 aromatic carbocycles. The van der Waals surface area contributed by atoms with Gasteiger partial charge in [-0.1, -0.05) is 27.2 Å². The van der Waals surface area contributed by atoms with Gasteiger partial charge in [0.25, 0.3) is 0 Å². The van der Waals surface area contributed by atoms with Gasteiger partial charge in [-0.05, 0) is 77.9 Å². The number of nitrogens with one attached hydrogen (secondary N) is 2. The fraction of sp³-hybridized carbons (Fsp3) is 1.00. The molecule has 0 aliphatic rings. The lowest BCUT2D eigenvalue weighted by atomic mass is 10.2. The molecule has 3 heteroatoms. The smallest absolute Gasteiger partial charge is 0.00185 e. The van der Waals surface area contributed by atoms with Crippen molar-refractivity contribution in [1.82, 2.24) is 15.5 Å². The molecule has 0 aromatic rings. The Morgan fingerprint density at radius 2 is 1.11 bits per heavy atom. The number of nitrogens with zero attached hydrogens (tertiary/aromatic N) is 1. The SMILES string of the molecule is CCCCNCCCCNCCCCN(CC)CC. The van der Waals surface area contributed by atoms with Gasteiger partial charge >= 0.3 is 0 Å². The molecule has 0 aliphatic carbocycles. The largest absolute Gasteiger partial charge is 0.317 e. The normalized spacial score (nSPS) is 11.4. The second-order valence-electron chi connectivity index (χ2n) is 5.29. The van der Waals surface area contributed by atoms with Crippen LogP contribution in [0.25, 0.3) is 0 Å². The van der Waals surface area contributed by atoms with Crippen LogP contribution in [-0.2, 0) is 0 Å². The lowest BCUT2D eigenvalue weighted by molar-refractivity contribution is 0.296. The Hall–Kier alpha value is -0.120. The molecule has 0 unspecified atom stereocenters. The summed E-state index contributed by atoms with van der Waals surface area (Å²) in [5.41, 5.74) is 0. The maximum atomic E-state index is 3.55. The third kappa shape index (κ3) is 14.1. The van der Waals surface area contributed by atoms with Crippen molar-refractivity contribution in [2.75, 3.05) is 45.8 Å². The Bertz CT molecular complexity index is 158. The summed E-state index contributed by atoms with van der Waals surface area (Å²) in [5.74, 6) is 0. The monoisotopic (exact) mass is 271 g/mol. The van der Waals surface area contributed by atoms with E-state index in [0.29, 0.717) is 0 Å². The minimum atomic E-state index is 1.18. The van der Waals surface area contributed by atoms with Gasteiger partial charge in [-0.25, -0.2) is 0 Å². The van der Waals surface area contributed by atoms with Gasteiger partial charge in [0.2, 0.25) is 0 Å². The van der Waals surface area contributed by atoms with E-state index < -0.39 is 0 Å². The van der Waals surface area contributed by atoms with Gasteiger partial charge in [0.1, 0.15) is 0 Å². The Labute approximate surface area is 121 Å². The van der Waals surface area contributed by atoms with Crippen LogP contribution < -0.4 is 10.6 Å². The van der Waals surface area contributed by atoms with E-state index in [0.717, 1.165) is 0 Å². The minimum Gasteiger partial charge on any atom is -0.317 e. The van der Waals surface area contributed by atoms with Gasteiger partial charge < -0.3 is 15.5 Å². The molecule has 0 spiro atoms. The van der Waals surface area contributed by atoms with Crippen molar-refractivity contribution in [3.8, 4) is 0 Å². The van der Waals surface area contributed by atoms with Crippen LogP contribution in [0.1, 0.15) is 59.3 Å². The zero-order valence-corrected chi connectivity index (χ0v) is 13.6. The van der Waals surface area contributed by atoms with Gasteiger partial charge in [-0.2, -0.15) is 0 Å². The Kier molecular flexibility index (Phi) is 15.8. The summed E-state index contributed by atoms with van der Waals surface area (Å²) in [7, 11) is 0. The summed E-state index contributed by atoms with van der Waals surface area (Å²) >= 11 is 0. The van der Waals surface area contributed by atoms with Crippen molar-refractivity contribution in [2.45, 2.75) is 59.3 Å². The first kappa shape index (κ1) is 18.9. The zero-order valence-electron chi connectivity index (χ0n) is 13.6. The molecule has 19 heavy (non-hydrogen) atoms. The molecule has 0 amide bonds. The molecule has 0 atom stereocenters. The van der Waals surface area contributed by atoms with Gasteiger partial charge in [-0.3, -0.25) is 0 Å². The molecule has 0 rings (SSSR count). The highest BCUT2D eigenvalue weighted by Gasteiger charge is 1.97. The molecule has 0 aromatic heterocycles. The summed E-state index contributed by atoms with van der Waals surface area (Å²) < 4.78 is 0. The average Bonchev–Trinajstić information content (AvgIpc) is 2.44. The molecule has 0 saturated heterocycles. The highest BCUT2D eigenvalue weighted by molar-refractivity contribution is 4.55. The topological polar surface area (TPSA) is 27.3 Å². The van der Waals surface area contributed by atoms with E-state index >= 15 is 0 Å². The standard InChI is InChI=1S/C16H37N3/c1-4-7-12-17-13-8-9-14-18-15-10-11-16-19(5-2)6-3/h17-18H,4-16H2,1-3H3. The summed E-state index contributed by atoms with van der Waals surface area (Å²) in [6, 6.07) is 0. The zero-order chi connectivity index (χ0) is 14.2. The van der Waals surface area contributed by atoms with Crippen LogP contribution in [0.2, 0.25) is 0 Å². The Balaban J connectivity index is 3.02.